The molecular weight excluding hydrogens is 262 g/mol. The van der Waals surface area contributed by atoms with Crippen molar-refractivity contribution < 1.29 is 9.53 Å². The fourth-order valence-corrected chi connectivity index (χ4v) is 2.39. The van der Waals surface area contributed by atoms with Gasteiger partial charge in [-0.1, -0.05) is 18.0 Å². The zero-order chi connectivity index (χ0) is 13.8. The summed E-state index contributed by atoms with van der Waals surface area (Å²) in [6, 6.07) is 3.81. The summed E-state index contributed by atoms with van der Waals surface area (Å²) in [5.74, 6) is 1.09. The fourth-order valence-electron chi connectivity index (χ4n) is 2.15. The van der Waals surface area contributed by atoms with Crippen molar-refractivity contribution in [1.82, 2.24) is 5.32 Å². The van der Waals surface area contributed by atoms with Crippen LogP contribution < -0.4 is 10.1 Å². The summed E-state index contributed by atoms with van der Waals surface area (Å²) >= 11 is 6.16. The summed E-state index contributed by atoms with van der Waals surface area (Å²) in [5.41, 5.74) is 2.13. The molecule has 0 aromatic heterocycles. The first-order valence-electron chi connectivity index (χ1n) is 6.81. The maximum Gasteiger partial charge on any atom is 0.223 e. The lowest BCUT2D eigenvalue weighted by Gasteiger charge is -2.24. The molecule has 0 saturated heterocycles. The second-order valence-corrected chi connectivity index (χ2v) is 5.39. The van der Waals surface area contributed by atoms with Crippen LogP contribution in [-0.4, -0.2) is 12.5 Å². The van der Waals surface area contributed by atoms with E-state index in [1.54, 1.807) is 0 Å². The molecule has 1 aliphatic rings. The molecule has 0 unspecified atom stereocenters. The highest BCUT2D eigenvalue weighted by molar-refractivity contribution is 6.32. The number of rotatable bonds is 5. The first kappa shape index (κ1) is 14.2. The molecule has 1 aromatic rings. The van der Waals surface area contributed by atoms with E-state index in [0.717, 1.165) is 24.0 Å². The van der Waals surface area contributed by atoms with Gasteiger partial charge in [0, 0.05) is 12.5 Å². The van der Waals surface area contributed by atoms with Crippen molar-refractivity contribution >= 4 is 17.5 Å². The van der Waals surface area contributed by atoms with Gasteiger partial charge in [-0.15, -0.1) is 0 Å². The maximum atomic E-state index is 11.8. The molecule has 19 heavy (non-hydrogen) atoms. The predicted octanol–water partition coefficient (Wildman–Crippen LogP) is 3.46. The number of hydrogen-bond donors (Lipinski definition) is 1. The second-order valence-electron chi connectivity index (χ2n) is 4.99. The van der Waals surface area contributed by atoms with E-state index < -0.39 is 0 Å². The van der Waals surface area contributed by atoms with E-state index in [0.29, 0.717) is 23.9 Å². The minimum atomic E-state index is 0.163. The van der Waals surface area contributed by atoms with Gasteiger partial charge in [0.1, 0.15) is 5.75 Å². The summed E-state index contributed by atoms with van der Waals surface area (Å²) in [6.45, 7) is 5.06. The van der Waals surface area contributed by atoms with Crippen LogP contribution in [0.5, 0.6) is 5.75 Å². The van der Waals surface area contributed by atoms with E-state index in [9.17, 15) is 4.79 Å². The lowest BCUT2D eigenvalue weighted by molar-refractivity contribution is -0.127. The van der Waals surface area contributed by atoms with Crippen LogP contribution in [0.15, 0.2) is 12.1 Å². The summed E-state index contributed by atoms with van der Waals surface area (Å²) in [4.78, 5) is 11.8. The van der Waals surface area contributed by atoms with Gasteiger partial charge in [-0.3, -0.25) is 4.79 Å². The minimum Gasteiger partial charge on any atom is -0.492 e. The molecule has 1 aliphatic carbocycles. The predicted molar refractivity (Wildman–Crippen MR) is 76.5 cm³/mol. The molecule has 1 amide bonds. The standard InChI is InChI=1S/C15H20ClNO2/c1-3-19-14-7-10(2)12(8-13(14)16)9-17-15(18)11-5-4-6-11/h7-8,11H,3-6,9H2,1-2H3,(H,17,18). The summed E-state index contributed by atoms with van der Waals surface area (Å²) in [5, 5.41) is 3.58. The average Bonchev–Trinajstić information content (AvgIpc) is 2.30. The molecule has 1 saturated carbocycles. The van der Waals surface area contributed by atoms with E-state index in [1.165, 1.54) is 6.42 Å². The number of aryl methyl sites for hydroxylation is 1. The van der Waals surface area contributed by atoms with Crippen molar-refractivity contribution in [2.75, 3.05) is 6.61 Å². The van der Waals surface area contributed by atoms with Crippen LogP contribution >= 0.6 is 11.6 Å². The van der Waals surface area contributed by atoms with Gasteiger partial charge in [0.05, 0.1) is 11.6 Å². The fraction of sp³-hybridized carbons (Fsp3) is 0.533. The number of ether oxygens (including phenoxy) is 1. The SMILES string of the molecule is CCOc1cc(C)c(CNC(=O)C2CCC2)cc1Cl. The highest BCUT2D eigenvalue weighted by Crippen LogP contribution is 2.29. The molecule has 3 nitrogen and oxygen atoms in total. The molecule has 0 atom stereocenters. The van der Waals surface area contributed by atoms with Gasteiger partial charge in [-0.05, 0) is 49.9 Å². The molecule has 1 fully saturated rings. The smallest absolute Gasteiger partial charge is 0.223 e. The number of hydrogen-bond acceptors (Lipinski definition) is 2. The van der Waals surface area contributed by atoms with Crippen LogP contribution in [-0.2, 0) is 11.3 Å². The highest BCUT2D eigenvalue weighted by Gasteiger charge is 2.24. The molecule has 1 aromatic carbocycles. The lowest BCUT2D eigenvalue weighted by Crippen LogP contribution is -2.34. The molecular formula is C15H20ClNO2. The first-order valence-corrected chi connectivity index (χ1v) is 7.19. The Morgan fingerprint density at radius 1 is 1.47 bits per heavy atom. The van der Waals surface area contributed by atoms with E-state index in [2.05, 4.69) is 5.32 Å². The van der Waals surface area contributed by atoms with E-state index in [4.69, 9.17) is 16.3 Å². The third-order valence-corrected chi connectivity index (χ3v) is 3.91. The number of carbonyl (C=O) groups is 1. The number of carbonyl (C=O) groups excluding carboxylic acids is 1. The van der Waals surface area contributed by atoms with Crippen molar-refractivity contribution in [3.8, 4) is 5.75 Å². The Hall–Kier alpha value is -1.22. The van der Waals surface area contributed by atoms with Crippen LogP contribution in [0.3, 0.4) is 0 Å². The number of nitrogens with one attached hydrogen (secondary N) is 1. The average molecular weight is 282 g/mol. The van der Waals surface area contributed by atoms with Gasteiger partial charge in [0.2, 0.25) is 5.91 Å². The van der Waals surface area contributed by atoms with Crippen LogP contribution in [0.25, 0.3) is 0 Å². The largest absolute Gasteiger partial charge is 0.492 e. The Kier molecular flexibility index (Phi) is 4.70. The molecule has 0 bridgehead atoms. The van der Waals surface area contributed by atoms with Crippen molar-refractivity contribution in [2.24, 2.45) is 5.92 Å². The molecule has 0 spiro atoms. The highest BCUT2D eigenvalue weighted by atomic mass is 35.5. The van der Waals surface area contributed by atoms with Crippen molar-refractivity contribution in [3.63, 3.8) is 0 Å². The Morgan fingerprint density at radius 2 is 2.21 bits per heavy atom. The maximum absolute atomic E-state index is 11.8. The van der Waals surface area contributed by atoms with Gasteiger partial charge in [0.25, 0.3) is 0 Å². The normalized spacial score (nSPS) is 14.9. The van der Waals surface area contributed by atoms with E-state index in [1.807, 2.05) is 26.0 Å². The first-order chi connectivity index (χ1) is 9.11. The third kappa shape index (κ3) is 3.41. The zero-order valence-corrected chi connectivity index (χ0v) is 12.2. The Balaban J connectivity index is 1.99. The molecule has 0 heterocycles. The summed E-state index contributed by atoms with van der Waals surface area (Å²) < 4.78 is 5.44. The van der Waals surface area contributed by atoms with Gasteiger partial charge in [0.15, 0.2) is 0 Å². The Morgan fingerprint density at radius 3 is 2.79 bits per heavy atom. The molecule has 0 aliphatic heterocycles. The van der Waals surface area contributed by atoms with Gasteiger partial charge < -0.3 is 10.1 Å². The van der Waals surface area contributed by atoms with Crippen LogP contribution in [0, 0.1) is 12.8 Å². The van der Waals surface area contributed by atoms with Crippen LogP contribution in [0.4, 0.5) is 0 Å². The summed E-state index contributed by atoms with van der Waals surface area (Å²) in [7, 11) is 0. The van der Waals surface area contributed by atoms with Crippen molar-refractivity contribution in [3.05, 3.63) is 28.3 Å². The second kappa shape index (κ2) is 6.29. The van der Waals surface area contributed by atoms with Gasteiger partial charge >= 0.3 is 0 Å². The Bertz CT molecular complexity index is 469. The molecule has 104 valence electrons. The summed E-state index contributed by atoms with van der Waals surface area (Å²) in [6.07, 6.45) is 3.22. The van der Waals surface area contributed by atoms with Gasteiger partial charge in [-0.2, -0.15) is 0 Å². The van der Waals surface area contributed by atoms with Crippen molar-refractivity contribution in [1.29, 1.82) is 0 Å². The molecule has 1 N–H and O–H groups in total. The van der Waals surface area contributed by atoms with Crippen LogP contribution in [0.2, 0.25) is 5.02 Å². The van der Waals surface area contributed by atoms with E-state index in [-0.39, 0.29) is 11.8 Å². The monoisotopic (exact) mass is 281 g/mol. The van der Waals surface area contributed by atoms with Crippen LogP contribution in [0.1, 0.15) is 37.3 Å². The third-order valence-electron chi connectivity index (χ3n) is 3.62. The lowest BCUT2D eigenvalue weighted by atomic mass is 9.85. The zero-order valence-electron chi connectivity index (χ0n) is 11.5. The molecule has 0 radical (unpaired) electrons. The van der Waals surface area contributed by atoms with E-state index >= 15 is 0 Å². The topological polar surface area (TPSA) is 38.3 Å². The quantitative estimate of drug-likeness (QED) is 0.897. The number of benzene rings is 1. The van der Waals surface area contributed by atoms with Gasteiger partial charge in [-0.25, -0.2) is 0 Å². The number of halogens is 1. The minimum absolute atomic E-state index is 0.163. The molecule has 4 heteroatoms. The Labute approximate surface area is 119 Å². The van der Waals surface area contributed by atoms with Crippen molar-refractivity contribution in [2.45, 2.75) is 39.7 Å². The number of amides is 1. The molecule has 2 rings (SSSR count).